The van der Waals surface area contributed by atoms with Gasteiger partial charge < -0.3 is 10.1 Å². The molecular weight excluding hydrogens is 198 g/mol. The van der Waals surface area contributed by atoms with E-state index in [-0.39, 0.29) is 5.60 Å². The first-order valence-electron chi connectivity index (χ1n) is 6.99. The van der Waals surface area contributed by atoms with Gasteiger partial charge in [-0.25, -0.2) is 0 Å². The van der Waals surface area contributed by atoms with Crippen molar-refractivity contribution in [3.05, 3.63) is 0 Å². The SMILES string of the molecule is CCC(C)(C)OCCNCC1CCCCC1. The highest BCUT2D eigenvalue weighted by Crippen LogP contribution is 2.22. The van der Waals surface area contributed by atoms with Crippen LogP contribution in [0.3, 0.4) is 0 Å². The molecule has 0 atom stereocenters. The molecule has 0 radical (unpaired) electrons. The molecule has 0 spiro atoms. The van der Waals surface area contributed by atoms with E-state index in [2.05, 4.69) is 26.1 Å². The molecular formula is C14H29NO. The molecule has 1 fully saturated rings. The molecule has 0 aromatic heterocycles. The van der Waals surface area contributed by atoms with Gasteiger partial charge in [-0.15, -0.1) is 0 Å². The number of hydrogen-bond acceptors (Lipinski definition) is 2. The van der Waals surface area contributed by atoms with Crippen LogP contribution in [0.15, 0.2) is 0 Å². The molecule has 0 aliphatic heterocycles. The summed E-state index contributed by atoms with van der Waals surface area (Å²) < 4.78 is 5.81. The molecule has 0 amide bonds. The van der Waals surface area contributed by atoms with E-state index < -0.39 is 0 Å². The van der Waals surface area contributed by atoms with Gasteiger partial charge in [0, 0.05) is 6.54 Å². The first-order valence-corrected chi connectivity index (χ1v) is 6.99. The van der Waals surface area contributed by atoms with Crippen molar-refractivity contribution in [3.8, 4) is 0 Å². The van der Waals surface area contributed by atoms with E-state index in [0.717, 1.165) is 25.5 Å². The largest absolute Gasteiger partial charge is 0.374 e. The minimum atomic E-state index is 0.0481. The smallest absolute Gasteiger partial charge is 0.0624 e. The van der Waals surface area contributed by atoms with Crippen molar-refractivity contribution in [2.24, 2.45) is 5.92 Å². The van der Waals surface area contributed by atoms with Crippen molar-refractivity contribution in [2.45, 2.75) is 64.9 Å². The number of rotatable bonds is 7. The predicted molar refractivity (Wildman–Crippen MR) is 69.8 cm³/mol. The van der Waals surface area contributed by atoms with Gasteiger partial charge in [-0.2, -0.15) is 0 Å². The molecule has 0 bridgehead atoms. The Labute approximate surface area is 101 Å². The number of ether oxygens (including phenoxy) is 1. The molecule has 16 heavy (non-hydrogen) atoms. The van der Waals surface area contributed by atoms with Crippen molar-refractivity contribution in [2.75, 3.05) is 19.7 Å². The molecule has 2 heteroatoms. The van der Waals surface area contributed by atoms with Crippen LogP contribution in [0.4, 0.5) is 0 Å². The molecule has 0 heterocycles. The lowest BCUT2D eigenvalue weighted by Crippen LogP contribution is -2.31. The molecule has 1 N–H and O–H groups in total. The highest BCUT2D eigenvalue weighted by atomic mass is 16.5. The fraction of sp³-hybridized carbons (Fsp3) is 1.00. The van der Waals surface area contributed by atoms with Crippen molar-refractivity contribution < 1.29 is 4.74 Å². The summed E-state index contributed by atoms with van der Waals surface area (Å²) in [7, 11) is 0. The third kappa shape index (κ3) is 5.86. The zero-order valence-corrected chi connectivity index (χ0v) is 11.3. The van der Waals surface area contributed by atoms with E-state index in [9.17, 15) is 0 Å². The third-order valence-electron chi connectivity index (χ3n) is 3.78. The normalized spacial score (nSPS) is 18.9. The fourth-order valence-electron chi connectivity index (χ4n) is 2.20. The maximum Gasteiger partial charge on any atom is 0.0624 e. The van der Waals surface area contributed by atoms with Crippen molar-refractivity contribution in [3.63, 3.8) is 0 Å². The summed E-state index contributed by atoms with van der Waals surface area (Å²) in [4.78, 5) is 0. The second kappa shape index (κ2) is 7.29. The Balaban J connectivity index is 1.95. The maximum atomic E-state index is 5.81. The predicted octanol–water partition coefficient (Wildman–Crippen LogP) is 3.36. The third-order valence-corrected chi connectivity index (χ3v) is 3.78. The van der Waals surface area contributed by atoms with Gasteiger partial charge in [0.2, 0.25) is 0 Å². The van der Waals surface area contributed by atoms with Crippen LogP contribution in [0, 0.1) is 5.92 Å². The van der Waals surface area contributed by atoms with Crippen LogP contribution in [0.2, 0.25) is 0 Å². The molecule has 0 saturated heterocycles. The average molecular weight is 227 g/mol. The van der Waals surface area contributed by atoms with E-state index in [4.69, 9.17) is 4.74 Å². The minimum Gasteiger partial charge on any atom is -0.374 e. The van der Waals surface area contributed by atoms with Crippen LogP contribution in [0.1, 0.15) is 59.3 Å². The summed E-state index contributed by atoms with van der Waals surface area (Å²) in [6, 6.07) is 0. The van der Waals surface area contributed by atoms with Crippen LogP contribution in [0.5, 0.6) is 0 Å². The fourth-order valence-corrected chi connectivity index (χ4v) is 2.20. The van der Waals surface area contributed by atoms with Crippen LogP contribution >= 0.6 is 0 Å². The first-order chi connectivity index (χ1) is 7.64. The summed E-state index contributed by atoms with van der Waals surface area (Å²) in [5.41, 5.74) is 0.0481. The zero-order chi connectivity index (χ0) is 11.9. The monoisotopic (exact) mass is 227 g/mol. The highest BCUT2D eigenvalue weighted by molar-refractivity contribution is 4.69. The maximum absolute atomic E-state index is 5.81. The molecule has 0 aromatic rings. The van der Waals surface area contributed by atoms with E-state index in [1.165, 1.54) is 38.6 Å². The average Bonchev–Trinajstić information content (AvgIpc) is 2.30. The Morgan fingerprint density at radius 1 is 1.19 bits per heavy atom. The van der Waals surface area contributed by atoms with Gasteiger partial charge >= 0.3 is 0 Å². The summed E-state index contributed by atoms with van der Waals surface area (Å²) >= 11 is 0. The summed E-state index contributed by atoms with van der Waals surface area (Å²) in [6.45, 7) is 9.53. The second-order valence-corrected chi connectivity index (χ2v) is 5.67. The van der Waals surface area contributed by atoms with Crippen LogP contribution < -0.4 is 5.32 Å². The molecule has 1 rings (SSSR count). The van der Waals surface area contributed by atoms with E-state index in [1.54, 1.807) is 0 Å². The Morgan fingerprint density at radius 3 is 2.50 bits per heavy atom. The van der Waals surface area contributed by atoms with E-state index in [1.807, 2.05) is 0 Å². The number of hydrogen-bond donors (Lipinski definition) is 1. The Bertz CT molecular complexity index is 174. The van der Waals surface area contributed by atoms with Gasteiger partial charge in [0.15, 0.2) is 0 Å². The molecule has 1 aliphatic carbocycles. The van der Waals surface area contributed by atoms with Crippen molar-refractivity contribution >= 4 is 0 Å². The zero-order valence-electron chi connectivity index (χ0n) is 11.3. The van der Waals surface area contributed by atoms with Gasteiger partial charge in [0.05, 0.1) is 12.2 Å². The summed E-state index contributed by atoms with van der Waals surface area (Å²) in [5.74, 6) is 0.924. The van der Waals surface area contributed by atoms with Crippen LogP contribution in [-0.2, 0) is 4.74 Å². The molecule has 1 saturated carbocycles. The molecule has 2 nitrogen and oxygen atoms in total. The Morgan fingerprint density at radius 2 is 1.88 bits per heavy atom. The lowest BCUT2D eigenvalue weighted by atomic mass is 9.89. The highest BCUT2D eigenvalue weighted by Gasteiger charge is 2.15. The van der Waals surface area contributed by atoms with Gasteiger partial charge in [-0.3, -0.25) is 0 Å². The molecule has 96 valence electrons. The van der Waals surface area contributed by atoms with Gasteiger partial charge in [-0.1, -0.05) is 26.2 Å². The molecule has 0 aromatic carbocycles. The first kappa shape index (κ1) is 14.0. The van der Waals surface area contributed by atoms with Crippen LogP contribution in [0.25, 0.3) is 0 Å². The summed E-state index contributed by atoms with van der Waals surface area (Å²) in [6.07, 6.45) is 8.25. The topological polar surface area (TPSA) is 21.3 Å². The van der Waals surface area contributed by atoms with Crippen LogP contribution in [-0.4, -0.2) is 25.3 Å². The van der Waals surface area contributed by atoms with Crippen molar-refractivity contribution in [1.29, 1.82) is 0 Å². The lowest BCUT2D eigenvalue weighted by molar-refractivity contribution is -0.0182. The quantitative estimate of drug-likeness (QED) is 0.673. The Kier molecular flexibility index (Phi) is 6.37. The van der Waals surface area contributed by atoms with E-state index >= 15 is 0 Å². The van der Waals surface area contributed by atoms with Gasteiger partial charge in [-0.05, 0) is 45.6 Å². The van der Waals surface area contributed by atoms with E-state index in [0.29, 0.717) is 0 Å². The van der Waals surface area contributed by atoms with Crippen molar-refractivity contribution in [1.82, 2.24) is 5.32 Å². The van der Waals surface area contributed by atoms with Gasteiger partial charge in [0.1, 0.15) is 0 Å². The summed E-state index contributed by atoms with van der Waals surface area (Å²) in [5, 5.41) is 3.53. The number of nitrogens with one attached hydrogen (secondary N) is 1. The second-order valence-electron chi connectivity index (χ2n) is 5.67. The molecule has 0 unspecified atom stereocenters. The van der Waals surface area contributed by atoms with Gasteiger partial charge in [0.25, 0.3) is 0 Å². The Hall–Kier alpha value is -0.0800. The lowest BCUT2D eigenvalue weighted by Gasteiger charge is -2.25. The minimum absolute atomic E-state index is 0.0481. The standard InChI is InChI=1S/C14H29NO/c1-4-14(2,3)16-11-10-15-12-13-8-6-5-7-9-13/h13,15H,4-12H2,1-3H3. The molecule has 1 aliphatic rings.